The first-order chi connectivity index (χ1) is 14.8. The fraction of sp³-hybridized carbons (Fsp3) is 0.455. The van der Waals surface area contributed by atoms with Crippen molar-refractivity contribution in [3.63, 3.8) is 0 Å². The average Bonchev–Trinajstić information content (AvgIpc) is 2.66. The van der Waals surface area contributed by atoms with Crippen LogP contribution in [0.25, 0.3) is 0 Å². The van der Waals surface area contributed by atoms with E-state index in [9.17, 15) is 18.0 Å². The van der Waals surface area contributed by atoms with Crippen LogP contribution in [-0.2, 0) is 23.9 Å². The zero-order chi connectivity index (χ0) is 24.1. The van der Waals surface area contributed by atoms with Gasteiger partial charge in [-0.15, -0.1) is 0 Å². The van der Waals surface area contributed by atoms with Gasteiger partial charge in [-0.2, -0.15) is 23.4 Å². The number of aromatic nitrogens is 2. The molecule has 0 spiro atoms. The van der Waals surface area contributed by atoms with E-state index in [2.05, 4.69) is 15.4 Å². The molecule has 1 aromatic carbocycles. The number of hydrogen-bond donors (Lipinski definition) is 1. The highest BCUT2D eigenvalue weighted by Gasteiger charge is 2.34. The van der Waals surface area contributed by atoms with E-state index >= 15 is 0 Å². The highest BCUT2D eigenvalue weighted by Crippen LogP contribution is 2.30. The molecule has 1 heterocycles. The maximum Gasteiger partial charge on any atom is 0.433 e. The molecule has 0 atom stereocenters. The number of halogens is 3. The predicted octanol–water partition coefficient (Wildman–Crippen LogP) is 3.56. The lowest BCUT2D eigenvalue weighted by Crippen LogP contribution is -2.47. The van der Waals surface area contributed by atoms with Crippen molar-refractivity contribution in [1.82, 2.24) is 20.3 Å². The number of rotatable bonds is 7. The van der Waals surface area contributed by atoms with Crippen molar-refractivity contribution < 1.29 is 18.0 Å². The van der Waals surface area contributed by atoms with E-state index in [1.54, 1.807) is 6.07 Å². The van der Waals surface area contributed by atoms with E-state index in [1.807, 2.05) is 64.0 Å². The summed E-state index contributed by atoms with van der Waals surface area (Å²) in [6.07, 6.45) is -4.72. The van der Waals surface area contributed by atoms with Crippen molar-refractivity contribution in [2.24, 2.45) is 5.41 Å². The van der Waals surface area contributed by atoms with Gasteiger partial charge >= 0.3 is 6.18 Å². The standard InChI is InChI=1S/C22H27F3N6O/c1-21(2,3)14-31(19-11-17(22(23,24)25)27-18(12-26)28-19)29-20(32)10-15-6-8-16(9-7-15)13-30(4)5/h6-9,11H,10,13-14H2,1-5H3,(H,29,32). The number of carbonyl (C=O) groups is 1. The van der Waals surface area contributed by atoms with Gasteiger partial charge in [0.1, 0.15) is 6.07 Å². The zero-order valence-corrected chi connectivity index (χ0v) is 18.8. The smallest absolute Gasteiger partial charge is 0.305 e. The highest BCUT2D eigenvalue weighted by molar-refractivity contribution is 5.80. The Balaban J connectivity index is 2.26. The molecule has 0 unspecified atom stereocenters. The van der Waals surface area contributed by atoms with Gasteiger partial charge in [0.2, 0.25) is 11.7 Å². The van der Waals surface area contributed by atoms with Crippen molar-refractivity contribution in [1.29, 1.82) is 5.26 Å². The summed E-state index contributed by atoms with van der Waals surface area (Å²) in [4.78, 5) is 21.8. The Bertz CT molecular complexity index is 975. The topological polar surface area (TPSA) is 85.2 Å². The van der Waals surface area contributed by atoms with Crippen LogP contribution in [0.3, 0.4) is 0 Å². The van der Waals surface area contributed by atoms with E-state index in [0.29, 0.717) is 0 Å². The Labute approximate surface area is 185 Å². The van der Waals surface area contributed by atoms with Gasteiger partial charge in [-0.1, -0.05) is 45.0 Å². The molecular weight excluding hydrogens is 421 g/mol. The van der Waals surface area contributed by atoms with Crippen molar-refractivity contribution in [2.75, 3.05) is 25.6 Å². The van der Waals surface area contributed by atoms with E-state index < -0.39 is 29.0 Å². The maximum atomic E-state index is 13.2. The summed E-state index contributed by atoms with van der Waals surface area (Å²) in [6, 6.07) is 9.80. The molecule has 1 amide bonds. The first-order valence-corrected chi connectivity index (χ1v) is 9.93. The Kier molecular flexibility index (Phi) is 7.80. The molecule has 7 nitrogen and oxygen atoms in total. The summed E-state index contributed by atoms with van der Waals surface area (Å²) in [5, 5.41) is 10.3. The maximum absolute atomic E-state index is 13.2. The van der Waals surface area contributed by atoms with Crippen LogP contribution in [0, 0.1) is 16.7 Å². The van der Waals surface area contributed by atoms with Crippen LogP contribution in [0.4, 0.5) is 19.0 Å². The molecule has 1 N–H and O–H groups in total. The molecule has 0 saturated carbocycles. The second-order valence-electron chi connectivity index (χ2n) is 8.96. The molecule has 0 radical (unpaired) electrons. The van der Waals surface area contributed by atoms with Crippen molar-refractivity contribution in [3.05, 3.63) is 53.0 Å². The summed E-state index contributed by atoms with van der Waals surface area (Å²) in [6.45, 7) is 6.54. The van der Waals surface area contributed by atoms with E-state index in [4.69, 9.17) is 5.26 Å². The Morgan fingerprint density at radius 2 is 1.69 bits per heavy atom. The molecule has 0 saturated heterocycles. The van der Waals surface area contributed by atoms with Gasteiger partial charge in [-0.25, -0.2) is 4.98 Å². The lowest BCUT2D eigenvalue weighted by atomic mass is 9.96. The van der Waals surface area contributed by atoms with Crippen LogP contribution in [0.1, 0.15) is 43.4 Å². The molecule has 0 bridgehead atoms. The summed E-state index contributed by atoms with van der Waals surface area (Å²) >= 11 is 0. The summed E-state index contributed by atoms with van der Waals surface area (Å²) in [5.74, 6) is -1.24. The largest absolute Gasteiger partial charge is 0.433 e. The molecule has 0 aliphatic carbocycles. The quantitative estimate of drug-likeness (QED) is 0.652. The first kappa shape index (κ1) is 25.1. The third-order valence-corrected chi connectivity index (χ3v) is 4.16. The third-order valence-electron chi connectivity index (χ3n) is 4.16. The SMILES string of the molecule is CN(C)Cc1ccc(CC(=O)NN(CC(C)(C)C)c2cc(C(F)(F)F)nc(C#N)n2)cc1. The molecule has 2 aromatic rings. The number of nitriles is 1. The number of amides is 1. The van der Waals surface area contributed by atoms with Crippen molar-refractivity contribution >= 4 is 11.7 Å². The average molecular weight is 448 g/mol. The Hall–Kier alpha value is -3.19. The van der Waals surface area contributed by atoms with E-state index in [1.165, 1.54) is 5.01 Å². The predicted molar refractivity (Wildman–Crippen MR) is 114 cm³/mol. The van der Waals surface area contributed by atoms with Crippen LogP contribution >= 0.6 is 0 Å². The molecule has 0 aliphatic rings. The summed E-state index contributed by atoms with van der Waals surface area (Å²) in [5.41, 5.74) is 2.85. The van der Waals surface area contributed by atoms with Gasteiger partial charge < -0.3 is 4.90 Å². The minimum absolute atomic E-state index is 0.0329. The normalized spacial score (nSPS) is 11.9. The van der Waals surface area contributed by atoms with Gasteiger partial charge in [0, 0.05) is 19.2 Å². The molecule has 32 heavy (non-hydrogen) atoms. The fourth-order valence-electron chi connectivity index (χ4n) is 2.92. The molecule has 10 heteroatoms. The molecule has 0 aliphatic heterocycles. The highest BCUT2D eigenvalue weighted by atomic mass is 19.4. The van der Waals surface area contributed by atoms with Gasteiger partial charge in [0.25, 0.3) is 0 Å². The van der Waals surface area contributed by atoms with Crippen molar-refractivity contribution in [2.45, 2.75) is 39.9 Å². The van der Waals surface area contributed by atoms with Crippen LogP contribution < -0.4 is 10.4 Å². The zero-order valence-electron chi connectivity index (χ0n) is 18.8. The first-order valence-electron chi connectivity index (χ1n) is 9.93. The molecule has 1 aromatic heterocycles. The third kappa shape index (κ3) is 7.81. The fourth-order valence-corrected chi connectivity index (χ4v) is 2.92. The Morgan fingerprint density at radius 1 is 1.09 bits per heavy atom. The number of alkyl halides is 3. The second-order valence-corrected chi connectivity index (χ2v) is 8.96. The lowest BCUT2D eigenvalue weighted by Gasteiger charge is -2.31. The summed E-state index contributed by atoms with van der Waals surface area (Å²) in [7, 11) is 3.92. The molecule has 172 valence electrons. The number of benzene rings is 1. The van der Waals surface area contributed by atoms with Crippen LogP contribution in [-0.4, -0.2) is 41.4 Å². The molecule has 2 rings (SSSR count). The minimum Gasteiger partial charge on any atom is -0.305 e. The number of hydrogen-bond acceptors (Lipinski definition) is 6. The minimum atomic E-state index is -4.75. The van der Waals surface area contributed by atoms with E-state index in [-0.39, 0.29) is 18.8 Å². The van der Waals surface area contributed by atoms with Gasteiger partial charge in [0.05, 0.1) is 6.42 Å². The van der Waals surface area contributed by atoms with Crippen LogP contribution in [0.2, 0.25) is 0 Å². The van der Waals surface area contributed by atoms with Gasteiger partial charge in [-0.05, 0) is 30.6 Å². The number of carbonyl (C=O) groups excluding carboxylic acids is 1. The number of nitrogens with zero attached hydrogens (tertiary/aromatic N) is 5. The summed E-state index contributed by atoms with van der Waals surface area (Å²) < 4.78 is 39.7. The Morgan fingerprint density at radius 3 is 2.19 bits per heavy atom. The second kappa shape index (κ2) is 9.96. The van der Waals surface area contributed by atoms with Gasteiger partial charge in [0.15, 0.2) is 11.5 Å². The van der Waals surface area contributed by atoms with Crippen molar-refractivity contribution in [3.8, 4) is 6.07 Å². The van der Waals surface area contributed by atoms with Gasteiger partial charge in [-0.3, -0.25) is 15.2 Å². The monoisotopic (exact) mass is 448 g/mol. The van der Waals surface area contributed by atoms with Crippen LogP contribution in [0.15, 0.2) is 30.3 Å². The lowest BCUT2D eigenvalue weighted by molar-refractivity contribution is -0.141. The molecule has 0 fully saturated rings. The van der Waals surface area contributed by atoms with Crippen LogP contribution in [0.5, 0.6) is 0 Å². The molecular formula is C22H27F3N6O. The number of hydrazine groups is 1. The van der Waals surface area contributed by atoms with E-state index in [0.717, 1.165) is 23.7 Å². The number of nitrogens with one attached hydrogen (secondary N) is 1. The number of anilines is 1.